The summed E-state index contributed by atoms with van der Waals surface area (Å²) in [4.78, 5) is 29.2. The van der Waals surface area contributed by atoms with Crippen molar-refractivity contribution in [2.75, 3.05) is 6.61 Å². The number of nitrogens with zero attached hydrogens (tertiary/aromatic N) is 1. The summed E-state index contributed by atoms with van der Waals surface area (Å²) in [5.74, 6) is -1.45. The Balaban J connectivity index is 2.19. The molecule has 24 heavy (non-hydrogen) atoms. The molecule has 0 aliphatic rings. The molecule has 1 aromatic carbocycles. The van der Waals surface area contributed by atoms with Crippen LogP contribution in [-0.2, 0) is 14.8 Å². The lowest BCUT2D eigenvalue weighted by Gasteiger charge is -2.11. The molecule has 0 fully saturated rings. The van der Waals surface area contributed by atoms with Crippen molar-refractivity contribution in [1.82, 2.24) is 15.2 Å². The molecule has 1 aromatic heterocycles. The van der Waals surface area contributed by atoms with Crippen molar-refractivity contribution in [3.05, 3.63) is 59.9 Å². The highest BCUT2D eigenvalue weighted by Gasteiger charge is 2.23. The van der Waals surface area contributed by atoms with E-state index in [0.29, 0.717) is 0 Å². The number of aromatic nitrogens is 1. The number of pyridine rings is 1. The summed E-state index contributed by atoms with van der Waals surface area (Å²) < 4.78 is 29.5. The molecule has 2 aromatic rings. The minimum atomic E-state index is -4.16. The number of nitrogens with one attached hydrogen (secondary N) is 2. The Morgan fingerprint density at radius 3 is 2.58 bits per heavy atom. The van der Waals surface area contributed by atoms with E-state index >= 15 is 0 Å². The number of sulfonamides is 1. The maximum absolute atomic E-state index is 12.3. The standard InChI is InChI=1S/C15H15N3O5S/c1-2-23-15(20)12-7-3-4-8-13(12)24(21,22)18-17-14(19)11-6-5-9-16-10-11/h3-10,18H,2H2,1H3,(H,17,19). The molecule has 1 heterocycles. The van der Waals surface area contributed by atoms with Crippen LogP contribution in [0.1, 0.15) is 27.6 Å². The van der Waals surface area contributed by atoms with Gasteiger partial charge in [-0.2, -0.15) is 0 Å². The Kier molecular flexibility index (Phi) is 5.61. The van der Waals surface area contributed by atoms with Crippen LogP contribution in [0.25, 0.3) is 0 Å². The predicted molar refractivity (Wildman–Crippen MR) is 84.4 cm³/mol. The molecular formula is C15H15N3O5S. The maximum atomic E-state index is 12.3. The summed E-state index contributed by atoms with van der Waals surface area (Å²) in [7, 11) is -4.16. The molecule has 0 spiro atoms. The Morgan fingerprint density at radius 2 is 1.92 bits per heavy atom. The number of ether oxygens (including phenoxy) is 1. The van der Waals surface area contributed by atoms with Gasteiger partial charge in [0, 0.05) is 12.4 Å². The van der Waals surface area contributed by atoms with Gasteiger partial charge in [-0.25, -0.2) is 13.2 Å². The quantitative estimate of drug-likeness (QED) is 0.591. The fourth-order valence-electron chi connectivity index (χ4n) is 1.82. The third kappa shape index (κ3) is 4.15. The van der Waals surface area contributed by atoms with Crippen LogP contribution in [0.5, 0.6) is 0 Å². The Bertz CT molecular complexity index is 837. The minimum absolute atomic E-state index is 0.110. The average Bonchev–Trinajstić information content (AvgIpc) is 2.60. The van der Waals surface area contributed by atoms with E-state index in [-0.39, 0.29) is 22.6 Å². The lowest BCUT2D eigenvalue weighted by atomic mass is 10.2. The van der Waals surface area contributed by atoms with Crippen molar-refractivity contribution >= 4 is 21.9 Å². The van der Waals surface area contributed by atoms with Crippen molar-refractivity contribution < 1.29 is 22.7 Å². The van der Waals surface area contributed by atoms with Crippen molar-refractivity contribution in [1.29, 1.82) is 0 Å². The van der Waals surface area contributed by atoms with Gasteiger partial charge in [-0.3, -0.25) is 15.2 Å². The molecule has 2 rings (SSSR count). The molecule has 126 valence electrons. The van der Waals surface area contributed by atoms with Crippen molar-refractivity contribution in [2.24, 2.45) is 0 Å². The SMILES string of the molecule is CCOC(=O)c1ccccc1S(=O)(=O)NNC(=O)c1cccnc1. The van der Waals surface area contributed by atoms with Gasteiger partial charge in [0.15, 0.2) is 0 Å². The number of hydrazine groups is 1. The number of carbonyl (C=O) groups excluding carboxylic acids is 2. The number of benzene rings is 1. The van der Waals surface area contributed by atoms with Crippen molar-refractivity contribution in [3.8, 4) is 0 Å². The van der Waals surface area contributed by atoms with Crippen LogP contribution < -0.4 is 10.3 Å². The number of carbonyl (C=O) groups is 2. The summed E-state index contributed by atoms with van der Waals surface area (Å²) in [6.07, 6.45) is 2.77. The summed E-state index contributed by atoms with van der Waals surface area (Å²) >= 11 is 0. The fraction of sp³-hybridized carbons (Fsp3) is 0.133. The molecule has 0 aliphatic carbocycles. The lowest BCUT2D eigenvalue weighted by Crippen LogP contribution is -2.42. The number of esters is 1. The van der Waals surface area contributed by atoms with E-state index in [1.165, 1.54) is 42.7 Å². The summed E-state index contributed by atoms with van der Waals surface area (Å²) in [5.41, 5.74) is 2.12. The van der Waals surface area contributed by atoms with E-state index in [1.807, 2.05) is 4.83 Å². The predicted octanol–water partition coefficient (Wildman–Crippen LogP) is 0.882. The smallest absolute Gasteiger partial charge is 0.339 e. The Hall–Kier alpha value is -2.78. The second-order valence-corrected chi connectivity index (χ2v) is 6.17. The molecule has 0 aliphatic heterocycles. The molecule has 0 radical (unpaired) electrons. The molecule has 0 saturated carbocycles. The van der Waals surface area contributed by atoms with Gasteiger partial charge in [-0.15, -0.1) is 4.83 Å². The minimum Gasteiger partial charge on any atom is -0.462 e. The van der Waals surface area contributed by atoms with Gasteiger partial charge in [0.1, 0.15) is 0 Å². The van der Waals surface area contributed by atoms with Gasteiger partial charge >= 0.3 is 5.97 Å². The van der Waals surface area contributed by atoms with E-state index in [4.69, 9.17) is 4.74 Å². The number of amides is 1. The Labute approximate surface area is 138 Å². The molecule has 8 nitrogen and oxygen atoms in total. The van der Waals surface area contributed by atoms with Gasteiger partial charge in [-0.05, 0) is 31.2 Å². The maximum Gasteiger partial charge on any atom is 0.339 e. The zero-order valence-corrected chi connectivity index (χ0v) is 13.5. The largest absolute Gasteiger partial charge is 0.462 e. The Morgan fingerprint density at radius 1 is 1.17 bits per heavy atom. The molecule has 1 amide bonds. The lowest BCUT2D eigenvalue weighted by molar-refractivity contribution is 0.0521. The van der Waals surface area contributed by atoms with E-state index in [1.54, 1.807) is 13.0 Å². The molecular weight excluding hydrogens is 334 g/mol. The van der Waals surface area contributed by atoms with Crippen LogP contribution in [-0.4, -0.2) is 31.9 Å². The molecule has 0 saturated heterocycles. The summed E-state index contributed by atoms with van der Waals surface area (Å²) in [5, 5.41) is 0. The van der Waals surface area contributed by atoms with Crippen LogP contribution in [0.15, 0.2) is 53.7 Å². The van der Waals surface area contributed by atoms with E-state index in [0.717, 1.165) is 0 Å². The highest BCUT2D eigenvalue weighted by molar-refractivity contribution is 7.89. The van der Waals surface area contributed by atoms with Gasteiger partial charge in [0.25, 0.3) is 15.9 Å². The molecule has 0 unspecified atom stereocenters. The number of hydrogen-bond donors (Lipinski definition) is 2. The van der Waals surface area contributed by atoms with Crippen molar-refractivity contribution in [3.63, 3.8) is 0 Å². The van der Waals surface area contributed by atoms with Crippen LogP contribution in [0.3, 0.4) is 0 Å². The first-order valence-electron chi connectivity index (χ1n) is 6.94. The first-order chi connectivity index (χ1) is 11.5. The first-order valence-corrected chi connectivity index (χ1v) is 8.42. The van der Waals surface area contributed by atoms with E-state index in [2.05, 4.69) is 10.4 Å². The third-order valence-corrected chi connectivity index (χ3v) is 4.20. The zero-order valence-electron chi connectivity index (χ0n) is 12.7. The second kappa shape index (κ2) is 7.66. The van der Waals surface area contributed by atoms with Crippen LogP contribution >= 0.6 is 0 Å². The molecule has 0 atom stereocenters. The van der Waals surface area contributed by atoms with Gasteiger partial charge in [0.05, 0.1) is 22.6 Å². The summed E-state index contributed by atoms with van der Waals surface area (Å²) in [6.45, 7) is 1.72. The third-order valence-electron chi connectivity index (χ3n) is 2.89. The first kappa shape index (κ1) is 17.6. The fourth-order valence-corrected chi connectivity index (χ4v) is 2.85. The van der Waals surface area contributed by atoms with E-state index in [9.17, 15) is 18.0 Å². The molecule has 9 heteroatoms. The second-order valence-electron chi connectivity index (χ2n) is 4.52. The topological polar surface area (TPSA) is 114 Å². The van der Waals surface area contributed by atoms with Gasteiger partial charge in [-0.1, -0.05) is 12.1 Å². The molecule has 2 N–H and O–H groups in total. The van der Waals surface area contributed by atoms with E-state index < -0.39 is 21.9 Å². The number of rotatable bonds is 6. The average molecular weight is 349 g/mol. The van der Waals surface area contributed by atoms with Crippen LogP contribution in [0.4, 0.5) is 0 Å². The normalized spacial score (nSPS) is 10.9. The monoisotopic (exact) mass is 349 g/mol. The molecule has 0 bridgehead atoms. The van der Waals surface area contributed by atoms with Crippen molar-refractivity contribution in [2.45, 2.75) is 11.8 Å². The van der Waals surface area contributed by atoms with Crippen LogP contribution in [0.2, 0.25) is 0 Å². The zero-order chi connectivity index (χ0) is 17.6. The number of hydrogen-bond acceptors (Lipinski definition) is 6. The summed E-state index contributed by atoms with van der Waals surface area (Å²) in [6, 6.07) is 8.56. The highest BCUT2D eigenvalue weighted by Crippen LogP contribution is 2.16. The highest BCUT2D eigenvalue weighted by atomic mass is 32.2. The van der Waals surface area contributed by atoms with Gasteiger partial charge < -0.3 is 4.74 Å². The van der Waals surface area contributed by atoms with Gasteiger partial charge in [0.2, 0.25) is 0 Å². The van der Waals surface area contributed by atoms with Crippen LogP contribution in [0, 0.1) is 0 Å².